The molecule has 0 N–H and O–H groups in total. The van der Waals surface area contributed by atoms with E-state index in [1.54, 1.807) is 0 Å². The van der Waals surface area contributed by atoms with Gasteiger partial charge in [0, 0.05) is 16.0 Å². The van der Waals surface area contributed by atoms with Crippen LogP contribution in [0.15, 0.2) is 70.6 Å². The molecule has 2 nitrogen and oxygen atoms in total. The van der Waals surface area contributed by atoms with Crippen LogP contribution in [0.5, 0.6) is 0 Å². The molecule has 4 rings (SSSR count). The average molecular weight is 304 g/mol. The molecule has 0 radical (unpaired) electrons. The van der Waals surface area contributed by atoms with Gasteiger partial charge in [-0.15, -0.1) is 0 Å². The van der Waals surface area contributed by atoms with Gasteiger partial charge in [-0.3, -0.25) is 4.90 Å². The Morgan fingerprint density at radius 1 is 0.818 bits per heavy atom. The van der Waals surface area contributed by atoms with Gasteiger partial charge in [-0.25, -0.2) is 4.98 Å². The zero-order chi connectivity index (χ0) is 15.1. The van der Waals surface area contributed by atoms with Crippen molar-refractivity contribution in [1.82, 2.24) is 4.98 Å². The van der Waals surface area contributed by atoms with E-state index in [1.807, 2.05) is 30.1 Å². The molecule has 22 heavy (non-hydrogen) atoms. The molecule has 1 aliphatic heterocycles. The van der Waals surface area contributed by atoms with Crippen LogP contribution in [0.1, 0.15) is 11.1 Å². The molecular weight excluding hydrogens is 288 g/mol. The summed E-state index contributed by atoms with van der Waals surface area (Å²) in [5.74, 6) is 0.956. The van der Waals surface area contributed by atoms with Crippen molar-refractivity contribution in [1.29, 1.82) is 0 Å². The summed E-state index contributed by atoms with van der Waals surface area (Å²) >= 11 is 1.84. The number of hydrogen-bond acceptors (Lipinski definition) is 3. The summed E-state index contributed by atoms with van der Waals surface area (Å²) in [6, 6.07) is 19.2. The zero-order valence-electron chi connectivity index (χ0n) is 12.6. The van der Waals surface area contributed by atoms with Crippen molar-refractivity contribution in [3.05, 3.63) is 71.9 Å². The number of rotatable bonds is 1. The average Bonchev–Trinajstić information content (AvgIpc) is 2.53. The SMILES string of the molecule is Cc1ccc2c(c1)Sc1cc(C)ccc1N2c1ccccn1. The fourth-order valence-corrected chi connectivity index (χ4v) is 4.01. The molecule has 1 aliphatic rings. The molecule has 0 spiro atoms. The summed E-state index contributed by atoms with van der Waals surface area (Å²) in [6.45, 7) is 4.27. The molecule has 0 amide bonds. The van der Waals surface area contributed by atoms with Crippen molar-refractivity contribution >= 4 is 29.0 Å². The fraction of sp³-hybridized carbons (Fsp3) is 0.105. The summed E-state index contributed by atoms with van der Waals surface area (Å²) in [4.78, 5) is 9.37. The minimum absolute atomic E-state index is 0.956. The van der Waals surface area contributed by atoms with Crippen LogP contribution in [-0.4, -0.2) is 4.98 Å². The standard InChI is InChI=1S/C19H16N2S/c1-13-6-8-15-17(11-13)22-18-12-14(2)7-9-16(18)21(15)19-5-3-4-10-20-19/h3-12H,1-2H3. The van der Waals surface area contributed by atoms with Crippen LogP contribution in [0.4, 0.5) is 17.2 Å². The maximum atomic E-state index is 4.56. The molecule has 3 aromatic rings. The van der Waals surface area contributed by atoms with E-state index in [1.165, 1.54) is 32.3 Å². The first-order chi connectivity index (χ1) is 10.7. The lowest BCUT2D eigenvalue weighted by atomic mass is 10.1. The van der Waals surface area contributed by atoms with Gasteiger partial charge in [0.15, 0.2) is 0 Å². The van der Waals surface area contributed by atoms with Crippen LogP contribution in [0.2, 0.25) is 0 Å². The smallest absolute Gasteiger partial charge is 0.137 e. The molecule has 0 atom stereocenters. The lowest BCUT2D eigenvalue weighted by Gasteiger charge is -2.32. The van der Waals surface area contributed by atoms with Crippen molar-refractivity contribution in [3.8, 4) is 0 Å². The van der Waals surface area contributed by atoms with Gasteiger partial charge < -0.3 is 0 Å². The molecule has 108 valence electrons. The molecule has 0 unspecified atom stereocenters. The van der Waals surface area contributed by atoms with E-state index in [9.17, 15) is 0 Å². The second kappa shape index (κ2) is 5.18. The lowest BCUT2D eigenvalue weighted by Crippen LogP contribution is -2.16. The first-order valence-corrected chi connectivity index (χ1v) is 8.14. The Labute approximate surface area is 134 Å². The Hall–Kier alpha value is -2.26. The number of anilines is 3. The second-order valence-electron chi connectivity index (χ2n) is 5.57. The van der Waals surface area contributed by atoms with Crippen molar-refractivity contribution < 1.29 is 0 Å². The Morgan fingerprint density at radius 3 is 2.00 bits per heavy atom. The summed E-state index contributed by atoms with van der Waals surface area (Å²) in [5, 5.41) is 0. The van der Waals surface area contributed by atoms with Gasteiger partial charge in [-0.05, 0) is 61.4 Å². The molecule has 0 aliphatic carbocycles. The third-order valence-corrected chi connectivity index (χ3v) is 4.90. The normalized spacial score (nSPS) is 12.7. The highest BCUT2D eigenvalue weighted by Crippen LogP contribution is 2.51. The van der Waals surface area contributed by atoms with Crippen LogP contribution < -0.4 is 4.90 Å². The Bertz CT molecular complexity index is 792. The van der Waals surface area contributed by atoms with E-state index < -0.39 is 0 Å². The number of hydrogen-bond donors (Lipinski definition) is 0. The van der Waals surface area contributed by atoms with Crippen molar-refractivity contribution in [2.24, 2.45) is 0 Å². The molecule has 2 heterocycles. The van der Waals surface area contributed by atoms with Gasteiger partial charge in [0.25, 0.3) is 0 Å². The number of pyridine rings is 1. The van der Waals surface area contributed by atoms with Crippen LogP contribution in [-0.2, 0) is 0 Å². The minimum Gasteiger partial charge on any atom is -0.293 e. The number of fused-ring (bicyclic) bond motifs is 2. The second-order valence-corrected chi connectivity index (χ2v) is 6.65. The van der Waals surface area contributed by atoms with Crippen LogP contribution in [0, 0.1) is 13.8 Å². The summed E-state index contributed by atoms with van der Waals surface area (Å²) in [6.07, 6.45) is 1.85. The maximum absolute atomic E-state index is 4.56. The van der Waals surface area contributed by atoms with Gasteiger partial charge >= 0.3 is 0 Å². The number of aryl methyl sites for hydroxylation is 2. The zero-order valence-corrected chi connectivity index (χ0v) is 13.4. The molecular formula is C19H16N2S. The first kappa shape index (κ1) is 13.4. The summed E-state index contributed by atoms with van der Waals surface area (Å²) in [5.41, 5.74) is 4.96. The fourth-order valence-electron chi connectivity index (χ4n) is 2.76. The highest BCUT2D eigenvalue weighted by Gasteiger charge is 2.25. The molecule has 1 aromatic heterocycles. The van der Waals surface area contributed by atoms with Gasteiger partial charge in [0.1, 0.15) is 5.82 Å². The van der Waals surface area contributed by atoms with E-state index in [-0.39, 0.29) is 0 Å². The van der Waals surface area contributed by atoms with Crippen molar-refractivity contribution in [2.75, 3.05) is 4.90 Å². The van der Waals surface area contributed by atoms with Crippen LogP contribution in [0.25, 0.3) is 0 Å². The van der Waals surface area contributed by atoms with E-state index in [4.69, 9.17) is 0 Å². The van der Waals surface area contributed by atoms with Crippen LogP contribution >= 0.6 is 11.8 Å². The van der Waals surface area contributed by atoms with Gasteiger partial charge in [-0.2, -0.15) is 0 Å². The number of aromatic nitrogens is 1. The predicted molar refractivity (Wildman–Crippen MR) is 92.5 cm³/mol. The van der Waals surface area contributed by atoms with E-state index >= 15 is 0 Å². The maximum Gasteiger partial charge on any atom is 0.137 e. The number of benzene rings is 2. The molecule has 0 saturated heterocycles. The Morgan fingerprint density at radius 2 is 1.45 bits per heavy atom. The first-order valence-electron chi connectivity index (χ1n) is 7.33. The van der Waals surface area contributed by atoms with E-state index in [0.29, 0.717) is 0 Å². The number of nitrogens with zero attached hydrogens (tertiary/aromatic N) is 2. The largest absolute Gasteiger partial charge is 0.293 e. The van der Waals surface area contributed by atoms with Gasteiger partial charge in [-0.1, -0.05) is 30.0 Å². The Kier molecular flexibility index (Phi) is 3.16. The topological polar surface area (TPSA) is 16.1 Å². The van der Waals surface area contributed by atoms with Crippen molar-refractivity contribution in [2.45, 2.75) is 23.6 Å². The van der Waals surface area contributed by atoms with Crippen LogP contribution in [0.3, 0.4) is 0 Å². The van der Waals surface area contributed by atoms with Gasteiger partial charge in [0.05, 0.1) is 11.4 Å². The third kappa shape index (κ3) is 2.18. The Balaban J connectivity index is 1.97. The van der Waals surface area contributed by atoms with E-state index in [2.05, 4.69) is 66.2 Å². The quantitative estimate of drug-likeness (QED) is 0.453. The predicted octanol–water partition coefficient (Wildman–Crippen LogP) is 5.63. The van der Waals surface area contributed by atoms with Gasteiger partial charge in [0.2, 0.25) is 0 Å². The molecule has 2 aromatic carbocycles. The highest BCUT2D eigenvalue weighted by atomic mass is 32.2. The molecule has 0 bridgehead atoms. The highest BCUT2D eigenvalue weighted by molar-refractivity contribution is 7.99. The van der Waals surface area contributed by atoms with E-state index in [0.717, 1.165) is 5.82 Å². The summed E-state index contributed by atoms with van der Waals surface area (Å²) in [7, 11) is 0. The lowest BCUT2D eigenvalue weighted by molar-refractivity contribution is 1.10. The summed E-state index contributed by atoms with van der Waals surface area (Å²) < 4.78 is 0. The minimum atomic E-state index is 0.956. The third-order valence-electron chi connectivity index (χ3n) is 3.81. The monoisotopic (exact) mass is 304 g/mol. The molecule has 0 fully saturated rings. The molecule has 3 heteroatoms. The van der Waals surface area contributed by atoms with Crippen molar-refractivity contribution in [3.63, 3.8) is 0 Å². The molecule has 0 saturated carbocycles.